The fourth-order valence-electron chi connectivity index (χ4n) is 0.989. The molecule has 1 heterocycles. The van der Waals surface area contributed by atoms with Crippen LogP contribution in [0, 0.1) is 0 Å². The SMILES string of the molecule is Clc1ccc(Cl)c([C@H]2CO2)c1. The first-order valence-electron chi connectivity index (χ1n) is 3.34. The Labute approximate surface area is 74.9 Å². The highest BCUT2D eigenvalue weighted by Gasteiger charge is 2.26. The first-order valence-corrected chi connectivity index (χ1v) is 4.09. The van der Waals surface area contributed by atoms with Gasteiger partial charge in [-0.3, -0.25) is 0 Å². The maximum absolute atomic E-state index is 5.89. The summed E-state index contributed by atoms with van der Waals surface area (Å²) in [5.41, 5.74) is 0.999. The summed E-state index contributed by atoms with van der Waals surface area (Å²) in [5, 5.41) is 1.44. The maximum atomic E-state index is 5.89. The predicted molar refractivity (Wildman–Crippen MR) is 45.2 cm³/mol. The third kappa shape index (κ3) is 1.51. The van der Waals surface area contributed by atoms with Gasteiger partial charge < -0.3 is 4.74 Å². The number of epoxide rings is 1. The number of halogens is 2. The Bertz CT molecular complexity index is 281. The summed E-state index contributed by atoms with van der Waals surface area (Å²) >= 11 is 11.7. The molecule has 0 unspecified atom stereocenters. The van der Waals surface area contributed by atoms with Crippen molar-refractivity contribution in [2.75, 3.05) is 6.61 Å². The molecule has 2 rings (SSSR count). The van der Waals surface area contributed by atoms with Crippen molar-refractivity contribution in [3.8, 4) is 0 Å². The van der Waals surface area contributed by atoms with Crippen LogP contribution in [0.25, 0.3) is 0 Å². The fraction of sp³-hybridized carbons (Fsp3) is 0.250. The molecule has 1 aromatic rings. The van der Waals surface area contributed by atoms with E-state index in [2.05, 4.69) is 0 Å². The second-order valence-electron chi connectivity index (χ2n) is 2.49. The van der Waals surface area contributed by atoms with E-state index in [0.29, 0.717) is 5.02 Å². The van der Waals surface area contributed by atoms with Crippen molar-refractivity contribution < 1.29 is 4.74 Å². The van der Waals surface area contributed by atoms with Crippen molar-refractivity contribution in [2.24, 2.45) is 0 Å². The lowest BCUT2D eigenvalue weighted by atomic mass is 10.2. The highest BCUT2D eigenvalue weighted by atomic mass is 35.5. The second-order valence-corrected chi connectivity index (χ2v) is 3.33. The number of hydrogen-bond acceptors (Lipinski definition) is 1. The predicted octanol–water partition coefficient (Wildman–Crippen LogP) is 3.06. The second kappa shape index (κ2) is 2.67. The van der Waals surface area contributed by atoms with E-state index in [9.17, 15) is 0 Å². The number of rotatable bonds is 1. The van der Waals surface area contributed by atoms with E-state index in [0.717, 1.165) is 17.2 Å². The van der Waals surface area contributed by atoms with Crippen molar-refractivity contribution in [1.82, 2.24) is 0 Å². The monoisotopic (exact) mass is 188 g/mol. The largest absolute Gasteiger partial charge is 0.368 e. The van der Waals surface area contributed by atoms with E-state index in [1.165, 1.54) is 0 Å². The molecule has 0 amide bonds. The Kier molecular flexibility index (Phi) is 1.80. The van der Waals surface area contributed by atoms with Crippen molar-refractivity contribution >= 4 is 23.2 Å². The summed E-state index contributed by atoms with van der Waals surface area (Å²) in [6.45, 7) is 0.764. The molecular formula is C8H6Cl2O. The van der Waals surface area contributed by atoms with Crippen LogP contribution >= 0.6 is 23.2 Å². The molecule has 0 aromatic heterocycles. The van der Waals surface area contributed by atoms with Gasteiger partial charge in [0.05, 0.1) is 6.61 Å². The molecule has 0 aliphatic carbocycles. The summed E-state index contributed by atoms with van der Waals surface area (Å²) in [5.74, 6) is 0. The molecular weight excluding hydrogens is 183 g/mol. The van der Waals surface area contributed by atoms with Crippen LogP contribution in [0.5, 0.6) is 0 Å². The highest BCUT2D eigenvalue weighted by molar-refractivity contribution is 6.33. The van der Waals surface area contributed by atoms with Gasteiger partial charge in [0.25, 0.3) is 0 Å². The van der Waals surface area contributed by atoms with Gasteiger partial charge in [0.2, 0.25) is 0 Å². The van der Waals surface area contributed by atoms with Crippen LogP contribution in [-0.4, -0.2) is 6.61 Å². The third-order valence-corrected chi connectivity index (χ3v) is 2.22. The van der Waals surface area contributed by atoms with Gasteiger partial charge in [0.1, 0.15) is 6.10 Å². The maximum Gasteiger partial charge on any atom is 0.107 e. The van der Waals surface area contributed by atoms with E-state index in [1.54, 1.807) is 12.1 Å². The van der Waals surface area contributed by atoms with E-state index >= 15 is 0 Å². The van der Waals surface area contributed by atoms with Gasteiger partial charge in [0.15, 0.2) is 0 Å². The zero-order chi connectivity index (χ0) is 7.84. The molecule has 0 spiro atoms. The molecule has 58 valence electrons. The highest BCUT2D eigenvalue weighted by Crippen LogP contribution is 2.35. The zero-order valence-electron chi connectivity index (χ0n) is 5.68. The van der Waals surface area contributed by atoms with E-state index in [-0.39, 0.29) is 6.10 Å². The Hall–Kier alpha value is -0.240. The van der Waals surface area contributed by atoms with Crippen LogP contribution in [0.15, 0.2) is 18.2 Å². The zero-order valence-corrected chi connectivity index (χ0v) is 7.19. The summed E-state index contributed by atoms with van der Waals surface area (Å²) in [4.78, 5) is 0. The van der Waals surface area contributed by atoms with Gasteiger partial charge in [-0.1, -0.05) is 23.2 Å². The van der Waals surface area contributed by atoms with Gasteiger partial charge in [-0.05, 0) is 18.2 Å². The fourth-order valence-corrected chi connectivity index (χ4v) is 1.41. The van der Waals surface area contributed by atoms with Crippen LogP contribution in [0.4, 0.5) is 0 Å². The first-order chi connectivity index (χ1) is 5.27. The summed E-state index contributed by atoms with van der Waals surface area (Å²) in [6, 6.07) is 5.41. The van der Waals surface area contributed by atoms with Crippen LogP contribution in [0.3, 0.4) is 0 Å². The molecule has 1 saturated heterocycles. The lowest BCUT2D eigenvalue weighted by molar-refractivity contribution is 0.416. The minimum absolute atomic E-state index is 0.182. The van der Waals surface area contributed by atoms with Crippen molar-refractivity contribution in [1.29, 1.82) is 0 Å². The van der Waals surface area contributed by atoms with Gasteiger partial charge in [-0.15, -0.1) is 0 Å². The van der Waals surface area contributed by atoms with Crippen molar-refractivity contribution in [3.05, 3.63) is 33.8 Å². The molecule has 0 bridgehead atoms. The topological polar surface area (TPSA) is 12.5 Å². The lowest BCUT2D eigenvalue weighted by Gasteiger charge is -1.99. The molecule has 3 heteroatoms. The number of ether oxygens (including phenoxy) is 1. The minimum atomic E-state index is 0.182. The van der Waals surface area contributed by atoms with Crippen LogP contribution in [0.2, 0.25) is 10.0 Å². The molecule has 0 N–H and O–H groups in total. The van der Waals surface area contributed by atoms with Gasteiger partial charge in [-0.25, -0.2) is 0 Å². The van der Waals surface area contributed by atoms with Crippen LogP contribution < -0.4 is 0 Å². The van der Waals surface area contributed by atoms with E-state index < -0.39 is 0 Å². The van der Waals surface area contributed by atoms with Crippen molar-refractivity contribution in [2.45, 2.75) is 6.10 Å². The van der Waals surface area contributed by atoms with Gasteiger partial charge in [-0.2, -0.15) is 0 Å². The summed E-state index contributed by atoms with van der Waals surface area (Å²) in [6.07, 6.45) is 0.182. The Morgan fingerprint density at radius 2 is 2.09 bits per heavy atom. The Morgan fingerprint density at radius 3 is 2.73 bits per heavy atom. The molecule has 0 radical (unpaired) electrons. The quantitative estimate of drug-likeness (QED) is 0.618. The molecule has 11 heavy (non-hydrogen) atoms. The molecule has 1 atom stereocenters. The number of hydrogen-bond donors (Lipinski definition) is 0. The van der Waals surface area contributed by atoms with Gasteiger partial charge in [0, 0.05) is 15.6 Å². The third-order valence-electron chi connectivity index (χ3n) is 1.64. The summed E-state index contributed by atoms with van der Waals surface area (Å²) in [7, 11) is 0. The van der Waals surface area contributed by atoms with Crippen LogP contribution in [-0.2, 0) is 4.74 Å². The summed E-state index contributed by atoms with van der Waals surface area (Å²) < 4.78 is 5.09. The molecule has 1 fully saturated rings. The molecule has 1 aromatic carbocycles. The molecule has 1 aliphatic heterocycles. The smallest absolute Gasteiger partial charge is 0.107 e. The average Bonchev–Trinajstić information content (AvgIpc) is 2.76. The average molecular weight is 189 g/mol. The minimum Gasteiger partial charge on any atom is -0.368 e. The molecule has 1 aliphatic rings. The van der Waals surface area contributed by atoms with E-state index in [1.807, 2.05) is 6.07 Å². The Balaban J connectivity index is 2.42. The Morgan fingerprint density at radius 1 is 1.36 bits per heavy atom. The normalized spacial score (nSPS) is 21.8. The van der Waals surface area contributed by atoms with Crippen molar-refractivity contribution in [3.63, 3.8) is 0 Å². The molecule has 1 nitrogen and oxygen atoms in total. The van der Waals surface area contributed by atoms with Crippen LogP contribution in [0.1, 0.15) is 11.7 Å². The lowest BCUT2D eigenvalue weighted by Crippen LogP contribution is -1.81. The molecule has 0 saturated carbocycles. The number of benzene rings is 1. The van der Waals surface area contributed by atoms with E-state index in [4.69, 9.17) is 27.9 Å². The van der Waals surface area contributed by atoms with Gasteiger partial charge >= 0.3 is 0 Å². The standard InChI is InChI=1S/C8H6Cl2O/c9-5-1-2-7(10)6(3-5)8-4-11-8/h1-3,8H,4H2/t8-/m1/s1. The first kappa shape index (κ1) is 7.41.